The number of carboxylic acid groups (broad SMARTS) is 1. The molecular weight excluding hydrogens is 208 g/mol. The number of carbonyl (C=O) groups excluding carboxylic acids is 1. The molecule has 0 spiro atoms. The number of benzene rings is 1. The smallest absolute Gasteiger partial charge is 0.138 e. The zero-order valence-electron chi connectivity index (χ0n) is 8.35. The fraction of sp³-hybridized carbons (Fsp3) is 0.200. The van der Waals surface area contributed by atoms with E-state index in [2.05, 4.69) is 15.5 Å². The van der Waals surface area contributed by atoms with Gasteiger partial charge in [0.1, 0.15) is 6.33 Å². The van der Waals surface area contributed by atoms with Crippen LogP contribution in [-0.4, -0.2) is 26.2 Å². The van der Waals surface area contributed by atoms with Gasteiger partial charge in [0.25, 0.3) is 0 Å². The number of aliphatic carboxylic acids is 1. The van der Waals surface area contributed by atoms with E-state index in [-0.39, 0.29) is 6.42 Å². The third kappa shape index (κ3) is 2.22. The van der Waals surface area contributed by atoms with Gasteiger partial charge < -0.3 is 9.90 Å². The summed E-state index contributed by atoms with van der Waals surface area (Å²) in [7, 11) is 0. The lowest BCUT2D eigenvalue weighted by molar-refractivity contribution is -0.306. The Labute approximate surface area is 91.5 Å². The molecule has 1 atom stereocenters. The van der Waals surface area contributed by atoms with Crippen LogP contribution >= 0.6 is 0 Å². The van der Waals surface area contributed by atoms with Gasteiger partial charge in [-0.15, -0.1) is 5.10 Å². The molecule has 2 rings (SSSR count). The van der Waals surface area contributed by atoms with Crippen LogP contribution in [0.4, 0.5) is 0 Å². The Kier molecular flexibility index (Phi) is 2.90. The zero-order chi connectivity index (χ0) is 11.4. The second-order valence-electron chi connectivity index (χ2n) is 3.29. The van der Waals surface area contributed by atoms with Gasteiger partial charge in [0.2, 0.25) is 0 Å². The summed E-state index contributed by atoms with van der Waals surface area (Å²) < 4.78 is 1.41. The van der Waals surface area contributed by atoms with Gasteiger partial charge in [0.15, 0.2) is 0 Å². The van der Waals surface area contributed by atoms with E-state index < -0.39 is 12.0 Å². The molecule has 1 aromatic carbocycles. The highest BCUT2D eigenvalue weighted by Crippen LogP contribution is 2.19. The number of aromatic nitrogens is 4. The van der Waals surface area contributed by atoms with Gasteiger partial charge >= 0.3 is 0 Å². The molecule has 16 heavy (non-hydrogen) atoms. The number of hydrogen-bond acceptors (Lipinski definition) is 5. The molecule has 1 heterocycles. The number of carboxylic acids is 1. The average Bonchev–Trinajstić information content (AvgIpc) is 2.80. The molecule has 1 aromatic heterocycles. The van der Waals surface area contributed by atoms with Crippen molar-refractivity contribution in [1.82, 2.24) is 20.2 Å². The van der Waals surface area contributed by atoms with Crippen molar-refractivity contribution in [2.45, 2.75) is 12.5 Å². The predicted molar refractivity (Wildman–Crippen MR) is 52.0 cm³/mol. The molecule has 0 bridgehead atoms. The first-order valence-corrected chi connectivity index (χ1v) is 4.74. The van der Waals surface area contributed by atoms with Crippen LogP contribution in [0.15, 0.2) is 36.7 Å². The summed E-state index contributed by atoms with van der Waals surface area (Å²) in [5.41, 5.74) is 0.832. The first-order valence-electron chi connectivity index (χ1n) is 4.74. The van der Waals surface area contributed by atoms with Gasteiger partial charge in [-0.25, -0.2) is 4.68 Å². The van der Waals surface area contributed by atoms with Crippen molar-refractivity contribution in [1.29, 1.82) is 0 Å². The summed E-state index contributed by atoms with van der Waals surface area (Å²) >= 11 is 0. The highest BCUT2D eigenvalue weighted by atomic mass is 16.4. The van der Waals surface area contributed by atoms with Gasteiger partial charge in [-0.05, 0) is 16.0 Å². The monoisotopic (exact) mass is 217 g/mol. The molecular formula is C10H9N4O2-. The van der Waals surface area contributed by atoms with Gasteiger partial charge in [-0.1, -0.05) is 30.3 Å². The van der Waals surface area contributed by atoms with Crippen LogP contribution in [0.1, 0.15) is 18.0 Å². The Hall–Kier alpha value is -2.24. The van der Waals surface area contributed by atoms with Crippen LogP contribution in [0.2, 0.25) is 0 Å². The summed E-state index contributed by atoms with van der Waals surface area (Å²) in [5, 5.41) is 21.4. The van der Waals surface area contributed by atoms with Crippen molar-refractivity contribution < 1.29 is 9.90 Å². The van der Waals surface area contributed by atoms with Crippen LogP contribution in [0.3, 0.4) is 0 Å². The average molecular weight is 217 g/mol. The molecule has 6 nitrogen and oxygen atoms in total. The summed E-state index contributed by atoms with van der Waals surface area (Å²) in [5.74, 6) is -1.13. The number of carbonyl (C=O) groups is 1. The van der Waals surface area contributed by atoms with E-state index in [0.29, 0.717) is 0 Å². The highest BCUT2D eigenvalue weighted by Gasteiger charge is 2.14. The van der Waals surface area contributed by atoms with Crippen molar-refractivity contribution in [3.63, 3.8) is 0 Å². The third-order valence-electron chi connectivity index (χ3n) is 2.23. The molecule has 0 unspecified atom stereocenters. The minimum atomic E-state index is -1.13. The number of rotatable bonds is 4. The van der Waals surface area contributed by atoms with Gasteiger partial charge in [0, 0.05) is 12.4 Å². The van der Waals surface area contributed by atoms with E-state index in [1.165, 1.54) is 11.0 Å². The lowest BCUT2D eigenvalue weighted by Crippen LogP contribution is -2.27. The fourth-order valence-corrected chi connectivity index (χ4v) is 1.51. The van der Waals surface area contributed by atoms with E-state index in [1.54, 1.807) is 0 Å². The predicted octanol–water partition coefficient (Wildman–Crippen LogP) is -0.598. The summed E-state index contributed by atoms with van der Waals surface area (Å²) in [6, 6.07) is 8.76. The van der Waals surface area contributed by atoms with E-state index in [0.717, 1.165) is 5.56 Å². The Balaban J connectivity index is 2.32. The van der Waals surface area contributed by atoms with Crippen molar-refractivity contribution in [3.8, 4) is 0 Å². The summed E-state index contributed by atoms with van der Waals surface area (Å²) in [4.78, 5) is 10.7. The topological polar surface area (TPSA) is 83.7 Å². The van der Waals surface area contributed by atoms with Crippen LogP contribution in [0, 0.1) is 0 Å². The molecule has 82 valence electrons. The summed E-state index contributed by atoms with van der Waals surface area (Å²) in [6.07, 6.45) is 1.23. The van der Waals surface area contributed by atoms with Crippen LogP contribution in [0.25, 0.3) is 0 Å². The quantitative estimate of drug-likeness (QED) is 0.683. The highest BCUT2D eigenvalue weighted by molar-refractivity contribution is 5.65. The lowest BCUT2D eigenvalue weighted by atomic mass is 10.0. The minimum absolute atomic E-state index is 0.158. The SMILES string of the molecule is O=C([O-])C[C@@H](c1ccccc1)n1cnnn1. The minimum Gasteiger partial charge on any atom is -0.550 e. The molecule has 2 aromatic rings. The molecule has 6 heteroatoms. The second-order valence-corrected chi connectivity index (χ2v) is 3.29. The van der Waals surface area contributed by atoms with Crippen LogP contribution in [-0.2, 0) is 4.79 Å². The van der Waals surface area contributed by atoms with E-state index in [4.69, 9.17) is 0 Å². The Morgan fingerprint density at radius 2 is 2.12 bits per heavy atom. The van der Waals surface area contributed by atoms with Crippen LogP contribution in [0.5, 0.6) is 0 Å². The van der Waals surface area contributed by atoms with Gasteiger partial charge in [0.05, 0.1) is 6.04 Å². The maximum absolute atomic E-state index is 10.7. The van der Waals surface area contributed by atoms with Gasteiger partial charge in [-0.2, -0.15) is 0 Å². The molecule has 0 saturated heterocycles. The standard InChI is InChI=1S/C10H10N4O2/c15-10(16)6-9(14-7-11-12-13-14)8-4-2-1-3-5-8/h1-5,7,9H,6H2,(H,15,16)/p-1/t9-/m0/s1. The molecule has 0 aliphatic rings. The first-order chi connectivity index (χ1) is 7.77. The van der Waals surface area contributed by atoms with E-state index in [1.807, 2.05) is 30.3 Å². The van der Waals surface area contributed by atoms with E-state index >= 15 is 0 Å². The number of tetrazole rings is 1. The lowest BCUT2D eigenvalue weighted by Gasteiger charge is -2.16. The molecule has 0 aliphatic carbocycles. The number of hydrogen-bond donors (Lipinski definition) is 0. The molecule has 0 fully saturated rings. The summed E-state index contributed by atoms with van der Waals surface area (Å²) in [6.45, 7) is 0. The van der Waals surface area contributed by atoms with Gasteiger partial charge in [-0.3, -0.25) is 0 Å². The number of nitrogens with zero attached hydrogens (tertiary/aromatic N) is 4. The molecule has 0 radical (unpaired) electrons. The Bertz CT molecular complexity index is 455. The molecule has 0 amide bonds. The fourth-order valence-electron chi connectivity index (χ4n) is 1.51. The largest absolute Gasteiger partial charge is 0.550 e. The van der Waals surface area contributed by atoms with Crippen molar-refractivity contribution in [2.24, 2.45) is 0 Å². The maximum atomic E-state index is 10.7. The maximum Gasteiger partial charge on any atom is 0.138 e. The normalized spacial score (nSPS) is 12.2. The van der Waals surface area contributed by atoms with Crippen LogP contribution < -0.4 is 5.11 Å². The third-order valence-corrected chi connectivity index (χ3v) is 2.23. The van der Waals surface area contributed by atoms with Crippen molar-refractivity contribution in [2.75, 3.05) is 0 Å². The van der Waals surface area contributed by atoms with Crippen molar-refractivity contribution >= 4 is 5.97 Å². The molecule has 0 saturated carbocycles. The first kappa shape index (κ1) is 10.3. The van der Waals surface area contributed by atoms with E-state index in [9.17, 15) is 9.90 Å². The molecule has 0 aliphatic heterocycles. The Morgan fingerprint density at radius 3 is 2.69 bits per heavy atom. The Morgan fingerprint density at radius 1 is 1.38 bits per heavy atom. The zero-order valence-corrected chi connectivity index (χ0v) is 8.35. The molecule has 0 N–H and O–H groups in total. The second kappa shape index (κ2) is 4.52. The van der Waals surface area contributed by atoms with Crippen molar-refractivity contribution in [3.05, 3.63) is 42.2 Å².